The van der Waals surface area contributed by atoms with Crippen LogP contribution in [0, 0.1) is 11.8 Å². The van der Waals surface area contributed by atoms with Gasteiger partial charge in [0, 0.05) is 0 Å². The molecule has 5 aromatic rings. The SMILES string of the molecule is CC(C)CP(CC(C)C)c1cc2ccccc2[cH-]1.[Cl-].[Cl-].[Zr+4].c1ccc2c(c1)[cH-]c1ccccc12. The Labute approximate surface area is 237 Å². The summed E-state index contributed by atoms with van der Waals surface area (Å²) in [5.41, 5.74) is 0. The van der Waals surface area contributed by atoms with E-state index in [4.69, 9.17) is 0 Å². The molecule has 0 aliphatic carbocycles. The predicted molar refractivity (Wildman–Crippen MR) is 143 cm³/mol. The van der Waals surface area contributed by atoms with E-state index in [1.807, 2.05) is 0 Å². The van der Waals surface area contributed by atoms with Crippen molar-refractivity contribution < 1.29 is 51.0 Å². The molecule has 0 spiro atoms. The van der Waals surface area contributed by atoms with Gasteiger partial charge in [-0.15, -0.1) is 80.1 Å². The summed E-state index contributed by atoms with van der Waals surface area (Å²) in [6.45, 7) is 9.38. The third-order valence-electron chi connectivity index (χ3n) is 5.66. The number of hydrogen-bond acceptors (Lipinski definition) is 0. The molecule has 0 aliphatic rings. The maximum absolute atomic E-state index is 2.42. The van der Waals surface area contributed by atoms with Crippen molar-refractivity contribution in [3.8, 4) is 0 Å². The van der Waals surface area contributed by atoms with Crippen molar-refractivity contribution in [3.05, 3.63) is 91.0 Å². The fraction of sp³-hybridized carbons (Fsp3) is 0.267. The second-order valence-electron chi connectivity index (χ2n) is 9.35. The molecule has 0 fully saturated rings. The molecule has 0 N–H and O–H groups in total. The first-order chi connectivity index (χ1) is 15.0. The van der Waals surface area contributed by atoms with Crippen LogP contribution in [0.5, 0.6) is 0 Å². The van der Waals surface area contributed by atoms with E-state index in [9.17, 15) is 0 Å². The maximum atomic E-state index is 2.42. The average Bonchev–Trinajstić information content (AvgIpc) is 3.34. The molecule has 0 saturated carbocycles. The van der Waals surface area contributed by atoms with E-state index in [0.717, 1.165) is 11.8 Å². The summed E-state index contributed by atoms with van der Waals surface area (Å²) in [6, 6.07) is 32.9. The van der Waals surface area contributed by atoms with Crippen molar-refractivity contribution in [2.45, 2.75) is 27.7 Å². The van der Waals surface area contributed by atoms with E-state index in [-0.39, 0.29) is 58.9 Å². The van der Waals surface area contributed by atoms with Crippen LogP contribution in [-0.2, 0) is 26.2 Å². The van der Waals surface area contributed by atoms with Gasteiger partial charge in [-0.2, -0.15) is 6.07 Å². The Bertz CT molecular complexity index is 1180. The molecule has 0 bridgehead atoms. The van der Waals surface area contributed by atoms with Crippen molar-refractivity contribution in [2.24, 2.45) is 11.8 Å². The molecular weight excluding hydrogens is 553 g/mol. The van der Waals surface area contributed by atoms with Crippen LogP contribution in [-0.4, -0.2) is 12.3 Å². The Kier molecular flexibility index (Phi) is 13.3. The second kappa shape index (κ2) is 14.6. The molecule has 5 aromatic carbocycles. The standard InChI is InChI=1S/C17H24P.C13H9.2ClH.Zr/c1-13(2)11-18(12-14(3)4)17-9-15-7-5-6-8-16(15)10-17;1-3-7-12-10(5-1)9-11-6-2-4-8-13(11)12;;;/h5-10,13-14H,11-12H2,1-4H3;1-9H;2*1H;/q2*-1;;;+4/p-2. The minimum absolute atomic E-state index is 0. The van der Waals surface area contributed by atoms with Gasteiger partial charge in [-0.05, 0) is 24.2 Å². The third kappa shape index (κ3) is 7.77. The molecule has 0 heterocycles. The number of fused-ring (bicyclic) bond motifs is 4. The number of benzene rings is 3. The Hall–Kier alpha value is -0.967. The summed E-state index contributed by atoms with van der Waals surface area (Å²) in [4.78, 5) is 0. The summed E-state index contributed by atoms with van der Waals surface area (Å²) in [7, 11) is 0.0185. The summed E-state index contributed by atoms with van der Waals surface area (Å²) < 4.78 is 0. The largest absolute Gasteiger partial charge is 4.00 e. The summed E-state index contributed by atoms with van der Waals surface area (Å²) in [6.07, 6.45) is 2.73. The van der Waals surface area contributed by atoms with Crippen LogP contribution < -0.4 is 30.1 Å². The minimum atomic E-state index is 0. The first kappa shape index (κ1) is 31.1. The van der Waals surface area contributed by atoms with Crippen LogP contribution in [0.15, 0.2) is 91.0 Å². The maximum Gasteiger partial charge on any atom is 4.00 e. The zero-order chi connectivity index (χ0) is 21.8. The Balaban J connectivity index is 0.000000323. The molecule has 5 rings (SSSR count). The first-order valence-corrected chi connectivity index (χ1v) is 13.2. The average molecular weight is 587 g/mol. The van der Waals surface area contributed by atoms with Crippen molar-refractivity contribution in [1.29, 1.82) is 0 Å². The van der Waals surface area contributed by atoms with Gasteiger partial charge in [-0.3, -0.25) is 0 Å². The minimum Gasteiger partial charge on any atom is -1.00 e. The fourth-order valence-corrected chi connectivity index (χ4v) is 7.36. The van der Waals surface area contributed by atoms with E-state index in [1.54, 1.807) is 5.30 Å². The van der Waals surface area contributed by atoms with Crippen LogP contribution in [0.2, 0.25) is 0 Å². The molecule has 0 aliphatic heterocycles. The first-order valence-electron chi connectivity index (χ1n) is 11.4. The van der Waals surface area contributed by atoms with Crippen LogP contribution >= 0.6 is 7.92 Å². The van der Waals surface area contributed by atoms with Crippen LogP contribution in [0.1, 0.15) is 27.7 Å². The quantitative estimate of drug-likeness (QED) is 0.220. The van der Waals surface area contributed by atoms with Crippen LogP contribution in [0.3, 0.4) is 0 Å². The van der Waals surface area contributed by atoms with Crippen molar-refractivity contribution in [2.75, 3.05) is 12.3 Å². The smallest absolute Gasteiger partial charge is 1.00 e. The van der Waals surface area contributed by atoms with Gasteiger partial charge in [0.05, 0.1) is 0 Å². The summed E-state index contributed by atoms with van der Waals surface area (Å²) in [5, 5.41) is 9.82. The zero-order valence-electron chi connectivity index (χ0n) is 20.4. The molecule has 0 atom stereocenters. The van der Waals surface area contributed by atoms with Gasteiger partial charge < -0.3 is 24.8 Å². The van der Waals surface area contributed by atoms with Gasteiger partial charge in [0.15, 0.2) is 0 Å². The molecule has 0 amide bonds. The molecular formula is C30H33Cl2PZr. The zero-order valence-corrected chi connectivity index (χ0v) is 25.3. The topological polar surface area (TPSA) is 0 Å². The van der Waals surface area contributed by atoms with Crippen molar-refractivity contribution in [3.63, 3.8) is 0 Å². The Morgan fingerprint density at radius 3 is 1.53 bits per heavy atom. The molecule has 4 heteroatoms. The molecule has 0 radical (unpaired) electrons. The number of halogens is 2. The normalized spacial score (nSPS) is 10.7. The Morgan fingerprint density at radius 1 is 0.618 bits per heavy atom. The monoisotopic (exact) mass is 584 g/mol. The van der Waals surface area contributed by atoms with Gasteiger partial charge in [-0.25, -0.2) is 0 Å². The fourth-order valence-electron chi connectivity index (χ4n) is 4.39. The van der Waals surface area contributed by atoms with Gasteiger partial charge in [-0.1, -0.05) is 78.1 Å². The number of hydrogen-bond donors (Lipinski definition) is 0. The van der Waals surface area contributed by atoms with E-state index < -0.39 is 0 Å². The van der Waals surface area contributed by atoms with Crippen LogP contribution in [0.4, 0.5) is 0 Å². The van der Waals surface area contributed by atoms with E-state index in [2.05, 4.69) is 119 Å². The molecule has 176 valence electrons. The van der Waals surface area contributed by atoms with Gasteiger partial charge >= 0.3 is 26.2 Å². The summed E-state index contributed by atoms with van der Waals surface area (Å²) >= 11 is 0. The molecule has 0 unspecified atom stereocenters. The van der Waals surface area contributed by atoms with E-state index >= 15 is 0 Å². The summed E-state index contributed by atoms with van der Waals surface area (Å²) in [5.74, 6) is 1.60. The van der Waals surface area contributed by atoms with Gasteiger partial charge in [0.1, 0.15) is 0 Å². The molecule has 0 saturated heterocycles. The molecule has 0 aromatic heterocycles. The second-order valence-corrected chi connectivity index (χ2v) is 11.7. The Morgan fingerprint density at radius 2 is 1.06 bits per heavy atom. The molecule has 34 heavy (non-hydrogen) atoms. The third-order valence-corrected chi connectivity index (χ3v) is 8.99. The van der Waals surface area contributed by atoms with E-state index in [0.29, 0.717) is 0 Å². The van der Waals surface area contributed by atoms with Gasteiger partial charge in [0.2, 0.25) is 0 Å². The predicted octanol–water partition coefficient (Wildman–Crippen LogP) is 2.70. The number of rotatable bonds is 5. The van der Waals surface area contributed by atoms with Crippen molar-refractivity contribution in [1.82, 2.24) is 0 Å². The van der Waals surface area contributed by atoms with Crippen LogP contribution in [0.25, 0.3) is 32.3 Å². The van der Waals surface area contributed by atoms with E-state index in [1.165, 1.54) is 44.6 Å². The van der Waals surface area contributed by atoms with Crippen molar-refractivity contribution >= 4 is 45.5 Å². The van der Waals surface area contributed by atoms with Gasteiger partial charge in [0.25, 0.3) is 0 Å². The molecule has 0 nitrogen and oxygen atoms in total.